The first-order chi connectivity index (χ1) is 15.1. The van der Waals surface area contributed by atoms with Crippen LogP contribution in [-0.2, 0) is 6.42 Å². The van der Waals surface area contributed by atoms with E-state index in [4.69, 9.17) is 4.74 Å². The second-order valence-electron chi connectivity index (χ2n) is 7.33. The van der Waals surface area contributed by atoms with Crippen molar-refractivity contribution in [3.05, 3.63) is 70.3 Å². The largest absolute Gasteiger partial charge is 0.508 e. The summed E-state index contributed by atoms with van der Waals surface area (Å²) in [6.07, 6.45) is -1.55. The molecule has 0 saturated carbocycles. The minimum atomic E-state index is -1.53. The number of hydrogen-bond donors (Lipinski definition) is 6. The number of aromatic carboxylic acids is 1. The molecule has 3 aromatic rings. The summed E-state index contributed by atoms with van der Waals surface area (Å²) in [5, 5.41) is 59.1. The highest BCUT2D eigenvalue weighted by molar-refractivity contribution is 5.89. The molecule has 0 spiro atoms. The van der Waals surface area contributed by atoms with E-state index in [1.165, 1.54) is 6.07 Å². The van der Waals surface area contributed by atoms with Crippen LogP contribution in [0.3, 0.4) is 0 Å². The molecule has 10 heteroatoms. The quantitative estimate of drug-likeness (QED) is 0.334. The van der Waals surface area contributed by atoms with Gasteiger partial charge in [0.05, 0.1) is 5.56 Å². The first-order valence-corrected chi connectivity index (χ1v) is 9.26. The van der Waals surface area contributed by atoms with Gasteiger partial charge in [0, 0.05) is 34.7 Å². The molecule has 0 saturated heterocycles. The number of carboxylic acid groups (broad SMARTS) is 1. The Balaban J connectivity index is 1.98. The Morgan fingerprint density at radius 1 is 0.938 bits per heavy atom. The molecule has 0 radical (unpaired) electrons. The molecule has 4 rings (SSSR count). The van der Waals surface area contributed by atoms with Crippen molar-refractivity contribution in [1.29, 1.82) is 0 Å². The van der Waals surface area contributed by atoms with Crippen molar-refractivity contribution in [3.8, 4) is 34.5 Å². The number of phenols is 5. The number of rotatable bonds is 3. The van der Waals surface area contributed by atoms with Crippen molar-refractivity contribution >= 4 is 5.97 Å². The predicted octanol–water partition coefficient (Wildman–Crippen LogP) is 3.65. The predicted molar refractivity (Wildman–Crippen MR) is 104 cm³/mol. The number of carbonyl (C=O) groups is 1. The number of hydrogen-bond acceptors (Lipinski definition) is 7. The van der Waals surface area contributed by atoms with Gasteiger partial charge in [0.2, 0.25) is 0 Å². The fraction of sp³-hybridized carbons (Fsp3) is 0.136. The van der Waals surface area contributed by atoms with Crippen LogP contribution in [0.5, 0.6) is 34.5 Å². The third-order valence-electron chi connectivity index (χ3n) is 5.37. The van der Waals surface area contributed by atoms with Gasteiger partial charge in [-0.2, -0.15) is 0 Å². The molecule has 8 nitrogen and oxygen atoms in total. The molecule has 3 aromatic carbocycles. The van der Waals surface area contributed by atoms with E-state index in [9.17, 15) is 44.2 Å². The zero-order valence-corrected chi connectivity index (χ0v) is 16.1. The summed E-state index contributed by atoms with van der Waals surface area (Å²) in [5.41, 5.74) is -0.989. The fourth-order valence-electron chi connectivity index (χ4n) is 3.93. The van der Waals surface area contributed by atoms with Crippen molar-refractivity contribution in [2.75, 3.05) is 0 Å². The normalized spacial score (nSPS) is 17.4. The van der Waals surface area contributed by atoms with Crippen molar-refractivity contribution in [2.24, 2.45) is 0 Å². The lowest BCUT2D eigenvalue weighted by Crippen LogP contribution is -2.27. The molecule has 1 heterocycles. The zero-order valence-electron chi connectivity index (χ0n) is 16.1. The van der Waals surface area contributed by atoms with E-state index in [0.717, 1.165) is 24.3 Å². The Hall–Kier alpha value is -4.21. The van der Waals surface area contributed by atoms with Crippen LogP contribution in [-0.4, -0.2) is 36.6 Å². The number of halogens is 2. The Kier molecular flexibility index (Phi) is 4.92. The topological polar surface area (TPSA) is 148 Å². The van der Waals surface area contributed by atoms with Crippen LogP contribution in [0, 0.1) is 11.6 Å². The molecule has 0 aromatic heterocycles. The molecular formula is C22H16F2O8. The van der Waals surface area contributed by atoms with Crippen LogP contribution in [0.1, 0.15) is 39.1 Å². The maximum absolute atomic E-state index is 14.9. The Labute approximate surface area is 178 Å². The second-order valence-corrected chi connectivity index (χ2v) is 7.33. The van der Waals surface area contributed by atoms with Crippen LogP contribution < -0.4 is 4.74 Å². The van der Waals surface area contributed by atoms with Crippen molar-refractivity contribution in [2.45, 2.75) is 18.4 Å². The summed E-state index contributed by atoms with van der Waals surface area (Å²) in [7, 11) is 0. The molecule has 0 amide bonds. The minimum Gasteiger partial charge on any atom is -0.508 e. The van der Waals surface area contributed by atoms with Crippen LogP contribution >= 0.6 is 0 Å². The van der Waals surface area contributed by atoms with E-state index >= 15 is 0 Å². The van der Waals surface area contributed by atoms with Gasteiger partial charge in [-0.3, -0.25) is 0 Å². The van der Waals surface area contributed by atoms with Gasteiger partial charge in [-0.05, 0) is 30.7 Å². The summed E-state index contributed by atoms with van der Waals surface area (Å²) >= 11 is 0. The van der Waals surface area contributed by atoms with Gasteiger partial charge in [-0.25, -0.2) is 13.6 Å². The number of ether oxygens (including phenoxy) is 1. The average Bonchev–Trinajstić information content (AvgIpc) is 2.72. The summed E-state index contributed by atoms with van der Waals surface area (Å²) in [6, 6.07) is 5.76. The van der Waals surface area contributed by atoms with Crippen LogP contribution in [0.15, 0.2) is 36.4 Å². The number of phenolic OH excluding ortho intramolecular Hbond substituents is 5. The van der Waals surface area contributed by atoms with E-state index in [1.54, 1.807) is 0 Å². The first kappa shape index (κ1) is 21.0. The lowest BCUT2D eigenvalue weighted by Gasteiger charge is -2.35. The van der Waals surface area contributed by atoms with Crippen LogP contribution in [0.25, 0.3) is 0 Å². The van der Waals surface area contributed by atoms with Crippen molar-refractivity contribution < 1.29 is 49.0 Å². The summed E-state index contributed by atoms with van der Waals surface area (Å²) < 4.78 is 34.9. The number of fused-ring (bicyclic) bond motifs is 1. The third-order valence-corrected chi connectivity index (χ3v) is 5.37. The van der Waals surface area contributed by atoms with Crippen LogP contribution in [0.4, 0.5) is 8.78 Å². The van der Waals surface area contributed by atoms with Gasteiger partial charge >= 0.3 is 5.97 Å². The SMILES string of the molecule is O=C(O)c1ccc(F)c(F)c1C1Cc2c(O)cc(O)cc2O[C@@H]1c1cc(O)c(O)c(O)c1. The van der Waals surface area contributed by atoms with E-state index in [-0.39, 0.29) is 29.0 Å². The molecule has 1 unspecified atom stereocenters. The molecule has 0 fully saturated rings. The highest BCUT2D eigenvalue weighted by Gasteiger charge is 2.39. The Morgan fingerprint density at radius 2 is 1.59 bits per heavy atom. The van der Waals surface area contributed by atoms with Crippen LogP contribution in [0.2, 0.25) is 0 Å². The lowest BCUT2D eigenvalue weighted by atomic mass is 9.79. The summed E-state index contributed by atoms with van der Waals surface area (Å²) in [6.45, 7) is 0. The molecule has 2 atom stereocenters. The molecule has 0 aliphatic carbocycles. The Morgan fingerprint density at radius 3 is 2.22 bits per heavy atom. The third kappa shape index (κ3) is 3.35. The number of aromatic hydroxyl groups is 5. The second kappa shape index (κ2) is 7.49. The molecule has 0 bridgehead atoms. The first-order valence-electron chi connectivity index (χ1n) is 9.26. The standard InChI is InChI=1S/C22H16F2O8/c23-13-2-1-10(22(30)31)18(19(13)24)12-7-11-14(26)5-9(25)6-17(11)32-21(12)8-3-15(27)20(29)16(28)4-8/h1-6,12,21,25-29H,7H2,(H,30,31)/t12?,21-/m1/s1. The monoisotopic (exact) mass is 446 g/mol. The highest BCUT2D eigenvalue weighted by atomic mass is 19.2. The molecule has 1 aliphatic rings. The smallest absolute Gasteiger partial charge is 0.336 e. The summed E-state index contributed by atoms with van der Waals surface area (Å²) in [4.78, 5) is 11.8. The van der Waals surface area contributed by atoms with Gasteiger partial charge in [-0.15, -0.1) is 0 Å². The average molecular weight is 446 g/mol. The van der Waals surface area contributed by atoms with E-state index in [1.807, 2.05) is 0 Å². The zero-order chi connectivity index (χ0) is 23.3. The maximum atomic E-state index is 14.9. The van der Waals surface area contributed by atoms with Gasteiger partial charge in [0.15, 0.2) is 28.9 Å². The molecule has 1 aliphatic heterocycles. The number of carboxylic acids is 1. The maximum Gasteiger partial charge on any atom is 0.336 e. The van der Waals surface area contributed by atoms with Gasteiger partial charge < -0.3 is 35.4 Å². The fourth-order valence-corrected chi connectivity index (χ4v) is 3.93. The lowest BCUT2D eigenvalue weighted by molar-refractivity contribution is 0.0691. The van der Waals surface area contributed by atoms with Gasteiger partial charge in [0.1, 0.15) is 23.4 Å². The number of benzene rings is 3. The minimum absolute atomic E-state index is 0.00344. The molecule has 166 valence electrons. The highest BCUT2D eigenvalue weighted by Crippen LogP contribution is 2.51. The van der Waals surface area contributed by atoms with Crippen molar-refractivity contribution in [1.82, 2.24) is 0 Å². The van der Waals surface area contributed by atoms with E-state index in [2.05, 4.69) is 0 Å². The molecular weight excluding hydrogens is 430 g/mol. The van der Waals surface area contributed by atoms with Gasteiger partial charge in [0.25, 0.3) is 0 Å². The van der Waals surface area contributed by atoms with Gasteiger partial charge in [-0.1, -0.05) is 0 Å². The Bertz CT molecular complexity index is 1230. The van der Waals surface area contributed by atoms with E-state index in [0.29, 0.717) is 6.07 Å². The van der Waals surface area contributed by atoms with Crippen molar-refractivity contribution in [3.63, 3.8) is 0 Å². The van der Waals surface area contributed by atoms with E-state index < -0.39 is 63.8 Å². The molecule has 32 heavy (non-hydrogen) atoms. The molecule has 6 N–H and O–H groups in total. The summed E-state index contributed by atoms with van der Waals surface area (Å²) in [5.74, 6) is -8.58.